The van der Waals surface area contributed by atoms with Gasteiger partial charge < -0.3 is 19.1 Å². The van der Waals surface area contributed by atoms with E-state index in [1.165, 1.54) is 6.92 Å². The van der Waals surface area contributed by atoms with Crippen LogP contribution < -0.4 is 9.50 Å². The summed E-state index contributed by atoms with van der Waals surface area (Å²) in [4.78, 5) is 14.3. The van der Waals surface area contributed by atoms with E-state index in [1.54, 1.807) is 36.3 Å². The maximum absolute atomic E-state index is 12.7. The highest BCUT2D eigenvalue weighted by Gasteiger charge is 2.15. The van der Waals surface area contributed by atoms with Gasteiger partial charge in [-0.15, -0.1) is 0 Å². The first kappa shape index (κ1) is 21.7. The zero-order valence-electron chi connectivity index (χ0n) is 16.3. The average Bonchev–Trinajstić information content (AvgIpc) is 2.66. The molecule has 0 atom stereocenters. The lowest BCUT2D eigenvalue weighted by Crippen LogP contribution is -2.36. The first-order valence-electron chi connectivity index (χ1n) is 8.95. The molecule has 2 aromatic rings. The summed E-state index contributed by atoms with van der Waals surface area (Å²) in [6.45, 7) is 4.64. The molecular weight excluding hydrogens is 380 g/mol. The van der Waals surface area contributed by atoms with Crippen LogP contribution in [0.25, 0.3) is 0 Å². The summed E-state index contributed by atoms with van der Waals surface area (Å²) >= 11 is 0. The molecule has 0 saturated heterocycles. The van der Waals surface area contributed by atoms with Crippen LogP contribution in [-0.4, -0.2) is 45.4 Å². The van der Waals surface area contributed by atoms with Crippen LogP contribution in [0.15, 0.2) is 48.5 Å². The number of benzene rings is 2. The van der Waals surface area contributed by atoms with Crippen molar-refractivity contribution in [3.8, 4) is 5.75 Å². The molecule has 0 bridgehead atoms. The Hall–Kier alpha value is -2.58. The van der Waals surface area contributed by atoms with E-state index in [0.29, 0.717) is 19.7 Å². The molecule has 0 spiro atoms. The number of rotatable bonds is 9. The van der Waals surface area contributed by atoms with E-state index in [2.05, 4.69) is 5.32 Å². The maximum Gasteiger partial charge on any atom is 0.322 e. The van der Waals surface area contributed by atoms with Crippen molar-refractivity contribution in [2.75, 3.05) is 31.3 Å². The molecule has 0 aliphatic rings. The molecule has 0 aliphatic carbocycles. The minimum Gasteiger partial charge on any atom is -0.383 e. The van der Waals surface area contributed by atoms with Crippen molar-refractivity contribution in [2.45, 2.75) is 20.4 Å². The normalized spacial score (nSPS) is 11.1. The van der Waals surface area contributed by atoms with E-state index in [4.69, 9.17) is 8.92 Å². The zero-order chi connectivity index (χ0) is 20.6. The van der Waals surface area contributed by atoms with Crippen molar-refractivity contribution in [1.29, 1.82) is 0 Å². The smallest absolute Gasteiger partial charge is 0.322 e. The lowest BCUT2D eigenvalue weighted by atomic mass is 10.2. The van der Waals surface area contributed by atoms with Crippen molar-refractivity contribution in [1.82, 2.24) is 4.90 Å². The van der Waals surface area contributed by atoms with Crippen molar-refractivity contribution < 1.29 is 22.1 Å². The van der Waals surface area contributed by atoms with Gasteiger partial charge in [-0.2, -0.15) is 8.42 Å². The van der Waals surface area contributed by atoms with Gasteiger partial charge in [-0.1, -0.05) is 24.3 Å². The van der Waals surface area contributed by atoms with Gasteiger partial charge in [0.25, 0.3) is 0 Å². The Morgan fingerprint density at radius 2 is 1.86 bits per heavy atom. The van der Waals surface area contributed by atoms with Gasteiger partial charge in [0.05, 0.1) is 12.4 Å². The van der Waals surface area contributed by atoms with Gasteiger partial charge in [-0.05, 0) is 49.2 Å². The molecule has 28 heavy (non-hydrogen) atoms. The van der Waals surface area contributed by atoms with E-state index >= 15 is 0 Å². The second-order valence-corrected chi connectivity index (χ2v) is 8.15. The van der Waals surface area contributed by atoms with E-state index in [-0.39, 0.29) is 17.5 Å². The Balaban J connectivity index is 2.07. The SMILES string of the molecule is CCS(=O)(=O)Oc1ccc(CN(CCOC)C(=O)Nc2cccc(C)c2)cc1. The van der Waals surface area contributed by atoms with Crippen LogP contribution in [0.4, 0.5) is 10.5 Å². The number of hydrogen-bond donors (Lipinski definition) is 1. The predicted molar refractivity (Wildman–Crippen MR) is 109 cm³/mol. The molecule has 0 radical (unpaired) electrons. The zero-order valence-corrected chi connectivity index (χ0v) is 17.2. The highest BCUT2D eigenvalue weighted by atomic mass is 32.2. The predicted octanol–water partition coefficient (Wildman–Crippen LogP) is 3.40. The largest absolute Gasteiger partial charge is 0.383 e. The second-order valence-electron chi connectivity index (χ2n) is 6.29. The summed E-state index contributed by atoms with van der Waals surface area (Å²) in [6.07, 6.45) is 0. The van der Waals surface area contributed by atoms with Crippen LogP contribution in [0.2, 0.25) is 0 Å². The van der Waals surface area contributed by atoms with E-state index in [0.717, 1.165) is 16.8 Å². The lowest BCUT2D eigenvalue weighted by Gasteiger charge is -2.23. The van der Waals surface area contributed by atoms with E-state index in [1.807, 2.05) is 31.2 Å². The number of carbonyl (C=O) groups is 1. The first-order valence-corrected chi connectivity index (χ1v) is 10.5. The highest BCUT2D eigenvalue weighted by molar-refractivity contribution is 7.87. The van der Waals surface area contributed by atoms with Crippen LogP contribution in [0.3, 0.4) is 0 Å². The molecule has 0 fully saturated rings. The number of carbonyl (C=O) groups excluding carboxylic acids is 1. The van der Waals surface area contributed by atoms with Crippen LogP contribution in [0.5, 0.6) is 5.75 Å². The molecule has 0 heterocycles. The third kappa shape index (κ3) is 6.86. The second kappa shape index (κ2) is 10.1. The third-order valence-electron chi connectivity index (χ3n) is 4.00. The third-order valence-corrected chi connectivity index (χ3v) is 5.15. The number of amides is 2. The van der Waals surface area contributed by atoms with Crippen LogP contribution in [0, 0.1) is 6.92 Å². The van der Waals surface area contributed by atoms with E-state index in [9.17, 15) is 13.2 Å². The molecule has 0 aromatic heterocycles. The number of urea groups is 1. The van der Waals surface area contributed by atoms with Gasteiger partial charge in [-0.25, -0.2) is 4.79 Å². The lowest BCUT2D eigenvalue weighted by molar-refractivity contribution is 0.153. The number of anilines is 1. The molecule has 152 valence electrons. The summed E-state index contributed by atoms with van der Waals surface area (Å²) < 4.78 is 33.2. The van der Waals surface area contributed by atoms with Gasteiger partial charge in [0.2, 0.25) is 0 Å². The summed E-state index contributed by atoms with van der Waals surface area (Å²) in [5, 5.41) is 2.89. The first-order chi connectivity index (χ1) is 13.3. The van der Waals surface area contributed by atoms with Gasteiger partial charge in [0.1, 0.15) is 5.75 Å². The number of aryl methyl sites for hydroxylation is 1. The van der Waals surface area contributed by atoms with Crippen molar-refractivity contribution in [2.24, 2.45) is 0 Å². The maximum atomic E-state index is 12.7. The minimum absolute atomic E-state index is 0.0985. The Kier molecular flexibility index (Phi) is 7.83. The number of nitrogens with zero attached hydrogens (tertiary/aromatic N) is 1. The quantitative estimate of drug-likeness (QED) is 0.645. The van der Waals surface area contributed by atoms with Crippen molar-refractivity contribution in [3.05, 3.63) is 59.7 Å². The molecule has 7 nitrogen and oxygen atoms in total. The minimum atomic E-state index is -3.56. The number of methoxy groups -OCH3 is 1. The number of ether oxygens (including phenoxy) is 1. The highest BCUT2D eigenvalue weighted by Crippen LogP contribution is 2.17. The standard InChI is InChI=1S/C20H26N2O5S/c1-4-28(24,25)27-19-10-8-17(9-11-19)15-22(12-13-26-3)20(23)21-18-7-5-6-16(2)14-18/h5-11,14H,4,12-13,15H2,1-3H3,(H,21,23). The van der Waals surface area contributed by atoms with Crippen molar-refractivity contribution in [3.63, 3.8) is 0 Å². The number of hydrogen-bond acceptors (Lipinski definition) is 5. The fraction of sp³-hybridized carbons (Fsp3) is 0.350. The summed E-state index contributed by atoms with van der Waals surface area (Å²) in [5.74, 6) is 0.150. The molecular formula is C20H26N2O5S. The van der Waals surface area contributed by atoms with Crippen LogP contribution in [-0.2, 0) is 21.4 Å². The Morgan fingerprint density at radius 1 is 1.14 bits per heavy atom. The van der Waals surface area contributed by atoms with E-state index < -0.39 is 10.1 Å². The Morgan fingerprint density at radius 3 is 2.46 bits per heavy atom. The van der Waals surface area contributed by atoms with Crippen molar-refractivity contribution >= 4 is 21.8 Å². The summed E-state index contributed by atoms with van der Waals surface area (Å²) in [6, 6.07) is 14.0. The number of nitrogens with one attached hydrogen (secondary N) is 1. The molecule has 0 saturated carbocycles. The monoisotopic (exact) mass is 406 g/mol. The molecule has 2 aromatic carbocycles. The molecule has 2 rings (SSSR count). The average molecular weight is 407 g/mol. The molecule has 8 heteroatoms. The Bertz CT molecular complexity index is 882. The fourth-order valence-electron chi connectivity index (χ4n) is 2.46. The van der Waals surface area contributed by atoms with Gasteiger partial charge in [0, 0.05) is 25.9 Å². The summed E-state index contributed by atoms with van der Waals surface area (Å²) in [5.41, 5.74) is 2.62. The topological polar surface area (TPSA) is 84.9 Å². The van der Waals surface area contributed by atoms with Gasteiger partial charge in [-0.3, -0.25) is 0 Å². The molecule has 2 amide bonds. The fourth-order valence-corrected chi connectivity index (χ4v) is 2.98. The van der Waals surface area contributed by atoms with Gasteiger partial charge in [0.15, 0.2) is 0 Å². The molecule has 1 N–H and O–H groups in total. The van der Waals surface area contributed by atoms with Crippen LogP contribution in [0.1, 0.15) is 18.1 Å². The summed E-state index contributed by atoms with van der Waals surface area (Å²) in [7, 11) is -1.98. The van der Waals surface area contributed by atoms with Gasteiger partial charge >= 0.3 is 16.1 Å². The molecule has 0 aliphatic heterocycles. The Labute approximate surface area is 166 Å². The van der Waals surface area contributed by atoms with Crippen LogP contribution >= 0.6 is 0 Å². The molecule has 0 unspecified atom stereocenters.